The van der Waals surface area contributed by atoms with Crippen molar-refractivity contribution >= 4 is 23.6 Å². The Morgan fingerprint density at radius 2 is 1.85 bits per heavy atom. The lowest BCUT2D eigenvalue weighted by Crippen LogP contribution is -2.50. The normalized spacial score (nSPS) is 17.3. The molecule has 8 heteroatoms. The second-order valence-corrected chi connectivity index (χ2v) is 12.5. The first-order chi connectivity index (χ1) is 18.5. The zero-order chi connectivity index (χ0) is 28.3. The highest BCUT2D eigenvalue weighted by molar-refractivity contribution is 8.00. The first kappa shape index (κ1) is 28.6. The number of aromatic nitrogens is 2. The van der Waals surface area contributed by atoms with Gasteiger partial charge >= 0.3 is 0 Å². The summed E-state index contributed by atoms with van der Waals surface area (Å²) in [7, 11) is 0. The fraction of sp³-hybridized carbons (Fsp3) is 0.419. The minimum absolute atomic E-state index is 0.00720. The predicted molar refractivity (Wildman–Crippen MR) is 157 cm³/mol. The molecule has 0 aliphatic carbocycles. The molecular weight excluding hydrogens is 508 g/mol. The number of thioether (sulfide) groups is 1. The first-order valence-corrected chi connectivity index (χ1v) is 14.6. The molecule has 1 fully saturated rings. The largest absolute Gasteiger partial charge is 0.343 e. The first-order valence-electron chi connectivity index (χ1n) is 13.4. The number of hydrogen-bond donors (Lipinski definition) is 2. The maximum absolute atomic E-state index is 13.7. The van der Waals surface area contributed by atoms with Crippen molar-refractivity contribution in [2.24, 2.45) is 0 Å². The Bertz CT molecular complexity index is 1430. The number of likely N-dealkylation sites (tertiary alicyclic amines) is 1. The molecular formula is C31H38N4O3S. The predicted octanol–water partition coefficient (Wildman–Crippen LogP) is 4.89. The highest BCUT2D eigenvalue weighted by Crippen LogP contribution is 2.44. The molecule has 1 aliphatic heterocycles. The number of nitrogens with one attached hydrogen (secondary N) is 2. The molecule has 0 bridgehead atoms. The Morgan fingerprint density at radius 1 is 1.08 bits per heavy atom. The van der Waals surface area contributed by atoms with Crippen LogP contribution in [-0.4, -0.2) is 50.5 Å². The molecule has 7 nitrogen and oxygen atoms in total. The van der Waals surface area contributed by atoms with Crippen LogP contribution >= 0.6 is 11.8 Å². The molecule has 3 aromatic rings. The van der Waals surface area contributed by atoms with E-state index in [2.05, 4.69) is 60.7 Å². The molecule has 2 heterocycles. The molecule has 206 valence electrons. The van der Waals surface area contributed by atoms with Crippen LogP contribution in [0.2, 0.25) is 0 Å². The summed E-state index contributed by atoms with van der Waals surface area (Å²) in [5.41, 5.74) is 5.82. The van der Waals surface area contributed by atoms with E-state index in [1.54, 1.807) is 23.9 Å². The molecule has 1 aromatic heterocycles. The molecule has 1 aliphatic rings. The van der Waals surface area contributed by atoms with Crippen molar-refractivity contribution in [2.75, 3.05) is 12.8 Å². The minimum Gasteiger partial charge on any atom is -0.343 e. The number of rotatable bonds is 8. The van der Waals surface area contributed by atoms with Crippen LogP contribution in [0, 0.1) is 20.8 Å². The van der Waals surface area contributed by atoms with Crippen molar-refractivity contribution in [3.05, 3.63) is 98.0 Å². The van der Waals surface area contributed by atoms with Crippen LogP contribution in [0.5, 0.6) is 0 Å². The Morgan fingerprint density at radius 3 is 2.54 bits per heavy atom. The van der Waals surface area contributed by atoms with Gasteiger partial charge in [-0.25, -0.2) is 5.10 Å². The number of hydrogen-bond acceptors (Lipinski definition) is 5. The molecule has 0 saturated carbocycles. The van der Waals surface area contributed by atoms with Gasteiger partial charge in [-0.05, 0) is 88.6 Å². The molecule has 2 N–H and O–H groups in total. The van der Waals surface area contributed by atoms with Crippen LogP contribution in [0.4, 0.5) is 0 Å². The van der Waals surface area contributed by atoms with Gasteiger partial charge in [0.2, 0.25) is 5.91 Å². The molecule has 4 rings (SSSR count). The van der Waals surface area contributed by atoms with E-state index in [1.165, 1.54) is 5.56 Å². The maximum Gasteiger partial charge on any atom is 0.267 e. The van der Waals surface area contributed by atoms with Crippen LogP contribution in [-0.2, 0) is 11.2 Å². The third-order valence-corrected chi connectivity index (χ3v) is 9.15. The monoisotopic (exact) mass is 546 g/mol. The number of aryl methyl sites for hydroxylation is 3. The SMILES string of the molecule is CSC(C)(C)[C@H]1CCC(c2cccc(C)c2)N1C(=O)CNC(=O)c1ccc(Cc2cc(C)n[nH]c2=O)c(C)c1. The van der Waals surface area contributed by atoms with E-state index < -0.39 is 0 Å². The standard InChI is InChI=1S/C31H38N4O3S/c1-19-8-7-9-23(14-19)26-12-13-27(31(4,5)39-6)35(26)28(36)18-32-29(37)24-11-10-22(20(2)15-24)17-25-16-21(3)33-34-30(25)38/h7-11,14-16,26-27H,12-13,17-18H2,1-6H3,(H,32,37)(H,34,38)/t26?,27-/m1/s1. The molecule has 2 atom stereocenters. The van der Waals surface area contributed by atoms with Crippen molar-refractivity contribution in [3.8, 4) is 0 Å². The third-order valence-electron chi connectivity index (χ3n) is 7.82. The Kier molecular flexibility index (Phi) is 8.64. The lowest BCUT2D eigenvalue weighted by atomic mass is 9.99. The molecule has 39 heavy (non-hydrogen) atoms. The molecule has 2 aromatic carbocycles. The van der Waals surface area contributed by atoms with Gasteiger partial charge in [0.25, 0.3) is 11.5 Å². The quantitative estimate of drug-likeness (QED) is 0.420. The summed E-state index contributed by atoms with van der Waals surface area (Å²) in [6.45, 7) is 10.1. The van der Waals surface area contributed by atoms with Crippen molar-refractivity contribution < 1.29 is 9.59 Å². The van der Waals surface area contributed by atoms with Gasteiger partial charge in [0.15, 0.2) is 0 Å². The van der Waals surface area contributed by atoms with Gasteiger partial charge in [-0.15, -0.1) is 0 Å². The van der Waals surface area contributed by atoms with Crippen LogP contribution in [0.3, 0.4) is 0 Å². The highest BCUT2D eigenvalue weighted by Gasteiger charge is 2.44. The van der Waals surface area contributed by atoms with E-state index in [-0.39, 0.29) is 40.7 Å². The number of benzene rings is 2. The summed E-state index contributed by atoms with van der Waals surface area (Å²) in [4.78, 5) is 40.9. The van der Waals surface area contributed by atoms with E-state index in [0.717, 1.165) is 35.2 Å². The number of H-pyrrole nitrogens is 1. The molecule has 0 radical (unpaired) electrons. The minimum atomic E-state index is -0.289. The summed E-state index contributed by atoms with van der Waals surface area (Å²) >= 11 is 1.77. The van der Waals surface area contributed by atoms with Gasteiger partial charge in [0, 0.05) is 28.3 Å². The van der Waals surface area contributed by atoms with Gasteiger partial charge in [-0.3, -0.25) is 14.4 Å². The summed E-state index contributed by atoms with van der Waals surface area (Å²) in [5.74, 6) is -0.359. The van der Waals surface area contributed by atoms with Gasteiger partial charge in [-0.2, -0.15) is 16.9 Å². The van der Waals surface area contributed by atoms with E-state index >= 15 is 0 Å². The third kappa shape index (κ3) is 6.44. The smallest absolute Gasteiger partial charge is 0.267 e. The second kappa shape index (κ2) is 11.8. The fourth-order valence-electron chi connectivity index (χ4n) is 5.46. The van der Waals surface area contributed by atoms with E-state index in [1.807, 2.05) is 36.9 Å². The summed E-state index contributed by atoms with van der Waals surface area (Å²) in [6, 6.07) is 15.6. The summed E-state index contributed by atoms with van der Waals surface area (Å²) in [5, 5.41) is 9.30. The van der Waals surface area contributed by atoms with Crippen molar-refractivity contribution in [3.63, 3.8) is 0 Å². The van der Waals surface area contributed by atoms with Gasteiger partial charge < -0.3 is 10.2 Å². The molecule has 2 amide bonds. The number of nitrogens with zero attached hydrogens (tertiary/aromatic N) is 2. The average molecular weight is 547 g/mol. The van der Waals surface area contributed by atoms with Crippen molar-refractivity contribution in [1.29, 1.82) is 0 Å². The highest BCUT2D eigenvalue weighted by atomic mass is 32.2. The Labute approximate surface area is 234 Å². The zero-order valence-electron chi connectivity index (χ0n) is 23.6. The Hall–Kier alpha value is -3.39. The van der Waals surface area contributed by atoms with E-state index in [0.29, 0.717) is 17.5 Å². The summed E-state index contributed by atoms with van der Waals surface area (Å²) < 4.78 is -0.111. The van der Waals surface area contributed by atoms with Gasteiger partial charge in [0.1, 0.15) is 0 Å². The van der Waals surface area contributed by atoms with Gasteiger partial charge in [-0.1, -0.05) is 35.9 Å². The number of aromatic amines is 1. The van der Waals surface area contributed by atoms with Crippen molar-refractivity contribution in [1.82, 2.24) is 20.4 Å². The second-order valence-electron chi connectivity index (χ2n) is 11.0. The molecule has 0 spiro atoms. The van der Waals surface area contributed by atoms with Crippen LogP contribution in [0.15, 0.2) is 53.3 Å². The van der Waals surface area contributed by atoms with E-state index in [4.69, 9.17) is 0 Å². The fourth-order valence-corrected chi connectivity index (χ4v) is 5.97. The van der Waals surface area contributed by atoms with Crippen LogP contribution in [0.1, 0.15) is 76.6 Å². The number of amides is 2. The van der Waals surface area contributed by atoms with Crippen LogP contribution in [0.25, 0.3) is 0 Å². The topological polar surface area (TPSA) is 95.2 Å². The van der Waals surface area contributed by atoms with Crippen molar-refractivity contribution in [2.45, 2.75) is 70.7 Å². The molecule has 1 unspecified atom stereocenters. The average Bonchev–Trinajstić information content (AvgIpc) is 3.37. The maximum atomic E-state index is 13.7. The lowest BCUT2D eigenvalue weighted by Gasteiger charge is -2.39. The summed E-state index contributed by atoms with van der Waals surface area (Å²) in [6.07, 6.45) is 4.36. The van der Waals surface area contributed by atoms with Crippen LogP contribution < -0.4 is 10.9 Å². The number of carbonyl (C=O) groups excluding carboxylic acids is 2. The van der Waals surface area contributed by atoms with Gasteiger partial charge in [0.05, 0.1) is 18.3 Å². The van der Waals surface area contributed by atoms with E-state index in [9.17, 15) is 14.4 Å². The lowest BCUT2D eigenvalue weighted by molar-refractivity contribution is -0.133. The zero-order valence-corrected chi connectivity index (χ0v) is 24.4. The molecule has 1 saturated heterocycles. The number of carbonyl (C=O) groups is 2. The Balaban J connectivity index is 1.48.